The molecular formula is C17H21NO2. The standard InChI is InChI=1S/C17H21NO2/c1-13(12-19)18-11-14-7-9-15(10-8-14)16-5-3-4-6-17(16)20-2/h3-10,13,18-19H,11-12H2,1-2H3/t13-/m1/s1. The summed E-state index contributed by atoms with van der Waals surface area (Å²) in [5, 5.41) is 12.2. The van der Waals surface area contributed by atoms with Crippen molar-refractivity contribution in [2.45, 2.75) is 19.5 Å². The maximum atomic E-state index is 8.99. The molecule has 0 bridgehead atoms. The molecule has 3 nitrogen and oxygen atoms in total. The van der Waals surface area contributed by atoms with Gasteiger partial charge >= 0.3 is 0 Å². The topological polar surface area (TPSA) is 41.5 Å². The van der Waals surface area contributed by atoms with Gasteiger partial charge in [-0.2, -0.15) is 0 Å². The normalized spacial score (nSPS) is 12.2. The van der Waals surface area contributed by atoms with E-state index in [4.69, 9.17) is 9.84 Å². The van der Waals surface area contributed by atoms with Gasteiger partial charge in [0.05, 0.1) is 13.7 Å². The molecule has 0 heterocycles. The molecule has 2 N–H and O–H groups in total. The second kappa shape index (κ2) is 7.08. The molecule has 106 valence electrons. The second-order valence-corrected chi connectivity index (χ2v) is 4.86. The highest BCUT2D eigenvalue weighted by Crippen LogP contribution is 2.29. The van der Waals surface area contributed by atoms with Gasteiger partial charge in [-0.3, -0.25) is 0 Å². The molecule has 0 fully saturated rings. The molecule has 0 radical (unpaired) electrons. The summed E-state index contributed by atoms with van der Waals surface area (Å²) in [6.45, 7) is 2.87. The Kier molecular flexibility index (Phi) is 5.16. The van der Waals surface area contributed by atoms with Crippen molar-refractivity contribution < 1.29 is 9.84 Å². The van der Waals surface area contributed by atoms with Crippen LogP contribution >= 0.6 is 0 Å². The van der Waals surface area contributed by atoms with E-state index in [1.54, 1.807) is 7.11 Å². The lowest BCUT2D eigenvalue weighted by atomic mass is 10.0. The third-order valence-corrected chi connectivity index (χ3v) is 3.30. The van der Waals surface area contributed by atoms with E-state index < -0.39 is 0 Å². The number of benzene rings is 2. The summed E-state index contributed by atoms with van der Waals surface area (Å²) >= 11 is 0. The van der Waals surface area contributed by atoms with E-state index in [2.05, 4.69) is 35.6 Å². The van der Waals surface area contributed by atoms with Crippen LogP contribution in [-0.4, -0.2) is 24.9 Å². The lowest BCUT2D eigenvalue weighted by molar-refractivity contribution is 0.251. The van der Waals surface area contributed by atoms with Crippen molar-refractivity contribution >= 4 is 0 Å². The molecule has 0 amide bonds. The highest BCUT2D eigenvalue weighted by molar-refractivity contribution is 5.70. The molecule has 3 heteroatoms. The van der Waals surface area contributed by atoms with Gasteiger partial charge in [-0.25, -0.2) is 0 Å². The van der Waals surface area contributed by atoms with Gasteiger partial charge < -0.3 is 15.2 Å². The van der Waals surface area contributed by atoms with Crippen LogP contribution in [-0.2, 0) is 6.54 Å². The molecule has 0 aromatic heterocycles. The van der Waals surface area contributed by atoms with Crippen molar-refractivity contribution in [1.82, 2.24) is 5.32 Å². The highest BCUT2D eigenvalue weighted by atomic mass is 16.5. The third-order valence-electron chi connectivity index (χ3n) is 3.30. The average molecular weight is 271 g/mol. The quantitative estimate of drug-likeness (QED) is 0.849. The molecule has 0 saturated heterocycles. The van der Waals surface area contributed by atoms with Crippen molar-refractivity contribution in [3.05, 3.63) is 54.1 Å². The van der Waals surface area contributed by atoms with Crippen molar-refractivity contribution in [2.75, 3.05) is 13.7 Å². The van der Waals surface area contributed by atoms with Crippen LogP contribution in [0.2, 0.25) is 0 Å². The molecule has 0 spiro atoms. The summed E-state index contributed by atoms with van der Waals surface area (Å²) in [4.78, 5) is 0. The zero-order valence-electron chi connectivity index (χ0n) is 12.0. The van der Waals surface area contributed by atoms with Gasteiger partial charge in [0.15, 0.2) is 0 Å². The summed E-state index contributed by atoms with van der Waals surface area (Å²) < 4.78 is 5.38. The van der Waals surface area contributed by atoms with Crippen molar-refractivity contribution in [1.29, 1.82) is 0 Å². The zero-order valence-corrected chi connectivity index (χ0v) is 12.0. The predicted octanol–water partition coefficient (Wildman–Crippen LogP) is 2.83. The largest absolute Gasteiger partial charge is 0.496 e. The van der Waals surface area contributed by atoms with Crippen LogP contribution in [0.1, 0.15) is 12.5 Å². The van der Waals surface area contributed by atoms with Crippen LogP contribution in [0.25, 0.3) is 11.1 Å². The minimum Gasteiger partial charge on any atom is -0.496 e. The lowest BCUT2D eigenvalue weighted by Gasteiger charge is -2.12. The SMILES string of the molecule is COc1ccccc1-c1ccc(CN[C@H](C)CO)cc1. The molecule has 2 aromatic rings. The van der Waals surface area contributed by atoms with Gasteiger partial charge in [0.1, 0.15) is 5.75 Å². The smallest absolute Gasteiger partial charge is 0.126 e. The average Bonchev–Trinajstić information content (AvgIpc) is 2.53. The molecule has 0 aliphatic rings. The number of nitrogens with one attached hydrogen (secondary N) is 1. The Morgan fingerprint density at radius 1 is 1.10 bits per heavy atom. The van der Waals surface area contributed by atoms with Crippen LogP contribution in [0, 0.1) is 0 Å². The van der Waals surface area contributed by atoms with Crippen LogP contribution in [0.3, 0.4) is 0 Å². The molecule has 0 aliphatic heterocycles. The first-order chi connectivity index (χ1) is 9.74. The molecular weight excluding hydrogens is 250 g/mol. The van der Waals surface area contributed by atoms with Gasteiger partial charge in [-0.05, 0) is 24.1 Å². The first kappa shape index (κ1) is 14.6. The molecule has 2 aromatic carbocycles. The third kappa shape index (κ3) is 3.59. The first-order valence-corrected chi connectivity index (χ1v) is 6.81. The van der Waals surface area contributed by atoms with Gasteiger partial charge in [0, 0.05) is 18.2 Å². The first-order valence-electron chi connectivity index (χ1n) is 6.81. The summed E-state index contributed by atoms with van der Waals surface area (Å²) in [6.07, 6.45) is 0. The predicted molar refractivity (Wildman–Crippen MR) is 81.8 cm³/mol. The monoisotopic (exact) mass is 271 g/mol. The molecule has 1 atom stereocenters. The number of hydrogen-bond acceptors (Lipinski definition) is 3. The van der Waals surface area contributed by atoms with E-state index >= 15 is 0 Å². The number of rotatable bonds is 6. The molecule has 20 heavy (non-hydrogen) atoms. The Hall–Kier alpha value is -1.84. The van der Waals surface area contributed by atoms with Crippen LogP contribution in [0.15, 0.2) is 48.5 Å². The minimum atomic E-state index is 0.115. The number of methoxy groups -OCH3 is 1. The summed E-state index contributed by atoms with van der Waals surface area (Å²) in [5.41, 5.74) is 3.43. The van der Waals surface area contributed by atoms with Gasteiger partial charge in [-0.1, -0.05) is 42.5 Å². The Morgan fingerprint density at radius 3 is 2.45 bits per heavy atom. The number of aliphatic hydroxyl groups excluding tert-OH is 1. The van der Waals surface area contributed by atoms with Crippen LogP contribution in [0.5, 0.6) is 5.75 Å². The highest BCUT2D eigenvalue weighted by Gasteiger charge is 2.05. The summed E-state index contributed by atoms with van der Waals surface area (Å²) in [5.74, 6) is 0.882. The Bertz CT molecular complexity index is 537. The van der Waals surface area contributed by atoms with E-state index in [1.807, 2.05) is 25.1 Å². The number of para-hydroxylation sites is 1. The molecule has 0 aliphatic carbocycles. The van der Waals surface area contributed by atoms with Crippen molar-refractivity contribution in [3.63, 3.8) is 0 Å². The maximum Gasteiger partial charge on any atom is 0.126 e. The van der Waals surface area contributed by atoms with E-state index in [-0.39, 0.29) is 12.6 Å². The summed E-state index contributed by atoms with van der Waals surface area (Å²) in [7, 11) is 1.69. The Morgan fingerprint density at radius 2 is 1.80 bits per heavy atom. The maximum absolute atomic E-state index is 8.99. The fourth-order valence-electron chi connectivity index (χ4n) is 2.04. The lowest BCUT2D eigenvalue weighted by Crippen LogP contribution is -2.28. The Labute approximate surface area is 120 Å². The van der Waals surface area contributed by atoms with Crippen molar-refractivity contribution in [3.8, 4) is 16.9 Å². The summed E-state index contributed by atoms with van der Waals surface area (Å²) in [6, 6.07) is 16.5. The number of aliphatic hydroxyl groups is 1. The van der Waals surface area contributed by atoms with Crippen molar-refractivity contribution in [2.24, 2.45) is 0 Å². The molecule has 0 saturated carbocycles. The fraction of sp³-hybridized carbons (Fsp3) is 0.294. The Balaban J connectivity index is 2.11. The van der Waals surface area contributed by atoms with E-state index in [0.717, 1.165) is 23.4 Å². The number of hydrogen-bond donors (Lipinski definition) is 2. The molecule has 0 unspecified atom stereocenters. The molecule has 2 rings (SSSR count). The van der Waals surface area contributed by atoms with Crippen LogP contribution < -0.4 is 10.1 Å². The van der Waals surface area contributed by atoms with Crippen LogP contribution in [0.4, 0.5) is 0 Å². The fourth-order valence-corrected chi connectivity index (χ4v) is 2.04. The van der Waals surface area contributed by atoms with E-state index in [1.165, 1.54) is 5.56 Å². The van der Waals surface area contributed by atoms with Gasteiger partial charge in [0.2, 0.25) is 0 Å². The van der Waals surface area contributed by atoms with E-state index in [9.17, 15) is 0 Å². The zero-order chi connectivity index (χ0) is 14.4. The number of ether oxygens (including phenoxy) is 1. The minimum absolute atomic E-state index is 0.115. The second-order valence-electron chi connectivity index (χ2n) is 4.86. The van der Waals surface area contributed by atoms with E-state index in [0.29, 0.717) is 0 Å². The van der Waals surface area contributed by atoms with Gasteiger partial charge in [0.25, 0.3) is 0 Å². The van der Waals surface area contributed by atoms with Gasteiger partial charge in [-0.15, -0.1) is 0 Å².